The fraction of sp³-hybridized carbons (Fsp3) is 0.421. The summed E-state index contributed by atoms with van der Waals surface area (Å²) in [6.45, 7) is 5.58. The first-order valence-corrected chi connectivity index (χ1v) is 8.70. The Balaban J connectivity index is 0.00000182. The van der Waals surface area contributed by atoms with Crippen molar-refractivity contribution in [2.75, 3.05) is 18.4 Å². The standard InChI is InChI=1S/C19H23N3O3.2ClH/c1-3-13-6-8-21-16(10-13)22-18(23)17-12(2)9-15(25-19(17)24)14-5-4-7-20-11-14;;/h6,8-10,14,20H,3-5,7,11H2,1-2H3,(H,21,22,23);2*1H. The number of anilines is 1. The number of piperidine rings is 1. The first kappa shape index (κ1) is 23.1. The summed E-state index contributed by atoms with van der Waals surface area (Å²) < 4.78 is 5.46. The van der Waals surface area contributed by atoms with E-state index >= 15 is 0 Å². The summed E-state index contributed by atoms with van der Waals surface area (Å²) in [7, 11) is 0. The third-order valence-electron chi connectivity index (χ3n) is 4.57. The van der Waals surface area contributed by atoms with Gasteiger partial charge in [-0.05, 0) is 62.1 Å². The number of carbonyl (C=O) groups excluding carboxylic acids is 1. The fourth-order valence-electron chi connectivity index (χ4n) is 3.14. The third kappa shape index (κ3) is 5.54. The molecule has 8 heteroatoms. The molecule has 1 aliphatic rings. The lowest BCUT2D eigenvalue weighted by atomic mass is 9.95. The normalized spacial score (nSPS) is 16.0. The zero-order valence-corrected chi connectivity index (χ0v) is 17.0. The molecule has 0 bridgehead atoms. The molecule has 1 amide bonds. The number of carbonyl (C=O) groups is 1. The molecule has 2 aromatic heterocycles. The molecule has 2 N–H and O–H groups in total. The zero-order chi connectivity index (χ0) is 17.8. The van der Waals surface area contributed by atoms with Crippen LogP contribution in [-0.4, -0.2) is 24.0 Å². The number of nitrogens with one attached hydrogen (secondary N) is 2. The van der Waals surface area contributed by atoms with Gasteiger partial charge in [-0.15, -0.1) is 24.8 Å². The predicted octanol–water partition coefficient (Wildman–Crippen LogP) is 3.47. The molecule has 3 rings (SSSR count). The van der Waals surface area contributed by atoms with E-state index in [4.69, 9.17) is 4.42 Å². The summed E-state index contributed by atoms with van der Waals surface area (Å²) >= 11 is 0. The first-order chi connectivity index (χ1) is 12.1. The monoisotopic (exact) mass is 413 g/mol. The van der Waals surface area contributed by atoms with Gasteiger partial charge in [0, 0.05) is 18.7 Å². The molecule has 0 aromatic carbocycles. The van der Waals surface area contributed by atoms with Crippen molar-refractivity contribution in [3.05, 3.63) is 57.3 Å². The van der Waals surface area contributed by atoms with Crippen molar-refractivity contribution < 1.29 is 9.21 Å². The van der Waals surface area contributed by atoms with Gasteiger partial charge >= 0.3 is 5.63 Å². The minimum atomic E-state index is -0.593. The molecule has 1 fully saturated rings. The number of pyridine rings is 1. The van der Waals surface area contributed by atoms with E-state index < -0.39 is 11.5 Å². The van der Waals surface area contributed by atoms with Crippen molar-refractivity contribution in [1.82, 2.24) is 10.3 Å². The maximum Gasteiger partial charge on any atom is 0.349 e. The molecule has 0 aliphatic carbocycles. The number of aromatic nitrogens is 1. The molecule has 1 unspecified atom stereocenters. The maximum absolute atomic E-state index is 12.5. The number of hydrogen-bond acceptors (Lipinski definition) is 5. The molecule has 27 heavy (non-hydrogen) atoms. The molecule has 2 aromatic rings. The van der Waals surface area contributed by atoms with Gasteiger partial charge < -0.3 is 15.1 Å². The van der Waals surface area contributed by atoms with Gasteiger partial charge in [0.15, 0.2) is 0 Å². The molecule has 3 heterocycles. The van der Waals surface area contributed by atoms with Gasteiger partial charge in [-0.3, -0.25) is 4.79 Å². The Morgan fingerprint density at radius 2 is 2.15 bits per heavy atom. The van der Waals surface area contributed by atoms with Crippen molar-refractivity contribution >= 4 is 36.5 Å². The summed E-state index contributed by atoms with van der Waals surface area (Å²) in [6.07, 6.45) is 4.52. The number of hydrogen-bond donors (Lipinski definition) is 2. The van der Waals surface area contributed by atoms with Crippen LogP contribution in [0.1, 0.15) is 52.9 Å². The van der Waals surface area contributed by atoms with Crippen LogP contribution >= 0.6 is 24.8 Å². The number of nitrogens with zero attached hydrogens (tertiary/aromatic N) is 1. The van der Waals surface area contributed by atoms with Crippen molar-refractivity contribution in [2.45, 2.75) is 39.0 Å². The van der Waals surface area contributed by atoms with Crippen molar-refractivity contribution in [3.8, 4) is 0 Å². The number of rotatable bonds is 4. The van der Waals surface area contributed by atoms with Gasteiger partial charge in [0.1, 0.15) is 17.1 Å². The van der Waals surface area contributed by atoms with E-state index in [9.17, 15) is 9.59 Å². The molecule has 0 saturated carbocycles. The zero-order valence-electron chi connectivity index (χ0n) is 15.4. The Morgan fingerprint density at radius 1 is 1.37 bits per heavy atom. The van der Waals surface area contributed by atoms with Crippen LogP contribution in [-0.2, 0) is 6.42 Å². The molecule has 1 saturated heterocycles. The van der Waals surface area contributed by atoms with E-state index in [1.807, 2.05) is 19.1 Å². The van der Waals surface area contributed by atoms with Crippen molar-refractivity contribution in [1.29, 1.82) is 0 Å². The van der Waals surface area contributed by atoms with Gasteiger partial charge in [0.25, 0.3) is 5.91 Å². The lowest BCUT2D eigenvalue weighted by Crippen LogP contribution is -2.30. The highest BCUT2D eigenvalue weighted by atomic mass is 35.5. The summed E-state index contributed by atoms with van der Waals surface area (Å²) in [5, 5.41) is 5.99. The fourth-order valence-corrected chi connectivity index (χ4v) is 3.14. The van der Waals surface area contributed by atoms with E-state index in [2.05, 4.69) is 15.6 Å². The van der Waals surface area contributed by atoms with Gasteiger partial charge in [0.2, 0.25) is 0 Å². The third-order valence-corrected chi connectivity index (χ3v) is 4.57. The summed E-state index contributed by atoms with van der Waals surface area (Å²) in [6, 6.07) is 5.50. The van der Waals surface area contributed by atoms with Crippen LogP contribution in [0.25, 0.3) is 0 Å². The van der Waals surface area contributed by atoms with Crippen LogP contribution in [0.15, 0.2) is 33.6 Å². The van der Waals surface area contributed by atoms with E-state index in [0.717, 1.165) is 37.9 Å². The van der Waals surface area contributed by atoms with Crippen molar-refractivity contribution in [3.63, 3.8) is 0 Å². The van der Waals surface area contributed by atoms with E-state index in [-0.39, 0.29) is 36.3 Å². The smallest absolute Gasteiger partial charge is 0.349 e. The Labute approximate surface area is 171 Å². The number of halogens is 2. The van der Waals surface area contributed by atoms with Gasteiger partial charge in [-0.2, -0.15) is 0 Å². The summed E-state index contributed by atoms with van der Waals surface area (Å²) in [5.41, 5.74) is 1.14. The Morgan fingerprint density at radius 3 is 2.78 bits per heavy atom. The van der Waals surface area contributed by atoms with Crippen LogP contribution < -0.4 is 16.3 Å². The van der Waals surface area contributed by atoms with Crippen LogP contribution in [0.3, 0.4) is 0 Å². The second kappa shape index (κ2) is 10.4. The van der Waals surface area contributed by atoms with Crippen molar-refractivity contribution in [2.24, 2.45) is 0 Å². The Kier molecular flexibility index (Phi) is 8.96. The van der Waals surface area contributed by atoms with Crippen LogP contribution in [0, 0.1) is 6.92 Å². The van der Waals surface area contributed by atoms with Gasteiger partial charge in [-0.25, -0.2) is 9.78 Å². The highest BCUT2D eigenvalue weighted by Crippen LogP contribution is 2.23. The second-order valence-electron chi connectivity index (χ2n) is 6.39. The Bertz CT molecular complexity index is 833. The highest BCUT2D eigenvalue weighted by Gasteiger charge is 2.22. The maximum atomic E-state index is 12.5. The highest BCUT2D eigenvalue weighted by molar-refractivity contribution is 6.04. The van der Waals surface area contributed by atoms with E-state index in [0.29, 0.717) is 17.1 Å². The average molecular weight is 414 g/mol. The molecule has 148 valence electrons. The summed E-state index contributed by atoms with van der Waals surface area (Å²) in [5.74, 6) is 0.779. The summed E-state index contributed by atoms with van der Waals surface area (Å²) in [4.78, 5) is 29.0. The van der Waals surface area contributed by atoms with Gasteiger partial charge in [-0.1, -0.05) is 6.92 Å². The topological polar surface area (TPSA) is 84.2 Å². The van der Waals surface area contributed by atoms with Crippen LogP contribution in [0.5, 0.6) is 0 Å². The average Bonchev–Trinajstić information content (AvgIpc) is 2.62. The minimum absolute atomic E-state index is 0. The van der Waals surface area contributed by atoms with Crippen LogP contribution in [0.4, 0.5) is 5.82 Å². The SMILES string of the molecule is CCc1ccnc(NC(=O)c2c(C)cc(C3CCCNC3)oc2=O)c1.Cl.Cl. The number of amides is 1. The van der Waals surface area contributed by atoms with Crippen LogP contribution in [0.2, 0.25) is 0 Å². The minimum Gasteiger partial charge on any atom is -0.427 e. The lowest BCUT2D eigenvalue weighted by molar-refractivity contribution is 0.102. The largest absolute Gasteiger partial charge is 0.427 e. The van der Waals surface area contributed by atoms with E-state index in [1.165, 1.54) is 0 Å². The Hall–Kier alpha value is -1.89. The molecular formula is C19H25Cl2N3O3. The molecule has 0 radical (unpaired) electrons. The van der Waals surface area contributed by atoms with E-state index in [1.54, 1.807) is 19.2 Å². The molecule has 0 spiro atoms. The van der Waals surface area contributed by atoms with Gasteiger partial charge in [0.05, 0.1) is 0 Å². The molecular weight excluding hydrogens is 389 g/mol. The first-order valence-electron chi connectivity index (χ1n) is 8.70. The quantitative estimate of drug-likeness (QED) is 0.801. The molecule has 1 atom stereocenters. The molecule has 6 nitrogen and oxygen atoms in total. The number of aryl methyl sites for hydroxylation is 2. The lowest BCUT2D eigenvalue weighted by Gasteiger charge is -2.22. The second-order valence-corrected chi connectivity index (χ2v) is 6.39. The molecule has 1 aliphatic heterocycles. The predicted molar refractivity (Wildman–Crippen MR) is 111 cm³/mol.